The lowest BCUT2D eigenvalue weighted by atomic mass is 10.1. The fraction of sp³-hybridized carbons (Fsp3) is 0.167. The summed E-state index contributed by atoms with van der Waals surface area (Å²) in [6.07, 6.45) is 1.94. The predicted molar refractivity (Wildman–Crippen MR) is 90.7 cm³/mol. The average molecular weight is 309 g/mol. The van der Waals surface area contributed by atoms with Gasteiger partial charge in [0.1, 0.15) is 11.5 Å². The number of nitrogen functional groups attached to an aromatic ring is 1. The average Bonchev–Trinajstić information content (AvgIpc) is 2.96. The molecule has 0 atom stereocenters. The van der Waals surface area contributed by atoms with Crippen LogP contribution in [0.5, 0.6) is 11.5 Å². The minimum Gasteiger partial charge on any atom is -0.496 e. The number of nitrogens with two attached hydrogens (primary N) is 1. The number of aromatic nitrogens is 2. The second-order valence-corrected chi connectivity index (χ2v) is 5.12. The van der Waals surface area contributed by atoms with E-state index in [0.29, 0.717) is 12.5 Å². The molecule has 118 valence electrons. The number of methoxy groups -OCH3 is 2. The molecule has 0 aliphatic carbocycles. The number of rotatable bonds is 5. The maximum atomic E-state index is 6.08. The number of hydrogen-bond donors (Lipinski definition) is 1. The highest BCUT2D eigenvalue weighted by atomic mass is 16.5. The second-order valence-electron chi connectivity index (χ2n) is 5.12. The molecule has 2 aromatic carbocycles. The number of anilines is 1. The Balaban J connectivity index is 1.97. The van der Waals surface area contributed by atoms with Gasteiger partial charge in [0.2, 0.25) is 5.95 Å². The molecule has 0 fully saturated rings. The summed E-state index contributed by atoms with van der Waals surface area (Å²) in [6.45, 7) is 0.527. The molecule has 1 heterocycles. The Morgan fingerprint density at radius 1 is 0.957 bits per heavy atom. The van der Waals surface area contributed by atoms with Crippen molar-refractivity contribution < 1.29 is 9.47 Å². The zero-order valence-corrected chi connectivity index (χ0v) is 13.2. The van der Waals surface area contributed by atoms with E-state index < -0.39 is 0 Å². The molecule has 0 saturated heterocycles. The van der Waals surface area contributed by atoms with Crippen molar-refractivity contribution in [1.29, 1.82) is 0 Å². The molecule has 0 radical (unpaired) electrons. The Hall–Kier alpha value is -2.95. The van der Waals surface area contributed by atoms with Gasteiger partial charge in [-0.25, -0.2) is 4.98 Å². The van der Waals surface area contributed by atoms with E-state index in [0.717, 1.165) is 28.3 Å². The van der Waals surface area contributed by atoms with E-state index in [9.17, 15) is 0 Å². The maximum absolute atomic E-state index is 6.08. The van der Waals surface area contributed by atoms with Crippen molar-refractivity contribution in [3.63, 3.8) is 0 Å². The molecule has 0 aliphatic heterocycles. The first-order chi connectivity index (χ1) is 11.2. The van der Waals surface area contributed by atoms with Crippen LogP contribution in [0.4, 0.5) is 5.95 Å². The summed E-state index contributed by atoms with van der Waals surface area (Å²) in [5, 5.41) is 0. The van der Waals surface area contributed by atoms with Crippen LogP contribution in [0.25, 0.3) is 11.3 Å². The van der Waals surface area contributed by atoms with Gasteiger partial charge in [-0.05, 0) is 12.1 Å². The highest BCUT2D eigenvalue weighted by molar-refractivity contribution is 5.60. The van der Waals surface area contributed by atoms with Gasteiger partial charge in [-0.3, -0.25) is 0 Å². The maximum Gasteiger partial charge on any atom is 0.201 e. The Labute approximate surface area is 135 Å². The van der Waals surface area contributed by atoms with E-state index in [2.05, 4.69) is 4.98 Å². The molecule has 0 saturated carbocycles. The first-order valence-electron chi connectivity index (χ1n) is 7.31. The van der Waals surface area contributed by atoms with Crippen LogP contribution in [0.15, 0.2) is 54.7 Å². The number of nitrogens with zero attached hydrogens (tertiary/aromatic N) is 2. The van der Waals surface area contributed by atoms with Crippen LogP contribution in [0.2, 0.25) is 0 Å². The Morgan fingerprint density at radius 3 is 2.22 bits per heavy atom. The Morgan fingerprint density at radius 2 is 1.61 bits per heavy atom. The molecule has 0 aliphatic rings. The molecule has 5 nitrogen and oxygen atoms in total. The van der Waals surface area contributed by atoms with E-state index in [-0.39, 0.29) is 0 Å². The van der Waals surface area contributed by atoms with Gasteiger partial charge in [0.05, 0.1) is 32.0 Å². The number of benzene rings is 2. The third-order valence-electron chi connectivity index (χ3n) is 3.74. The molecule has 1 aromatic heterocycles. The van der Waals surface area contributed by atoms with Gasteiger partial charge >= 0.3 is 0 Å². The van der Waals surface area contributed by atoms with Crippen LogP contribution < -0.4 is 15.2 Å². The summed E-state index contributed by atoms with van der Waals surface area (Å²) < 4.78 is 12.8. The van der Waals surface area contributed by atoms with E-state index in [4.69, 9.17) is 15.2 Å². The third kappa shape index (κ3) is 2.99. The van der Waals surface area contributed by atoms with Crippen LogP contribution >= 0.6 is 0 Å². The molecular formula is C18H19N3O2. The summed E-state index contributed by atoms with van der Waals surface area (Å²) in [6, 6.07) is 15.7. The van der Waals surface area contributed by atoms with Gasteiger partial charge in [-0.1, -0.05) is 36.4 Å². The Bertz CT molecular complexity index is 775. The van der Waals surface area contributed by atoms with Crippen molar-refractivity contribution in [2.24, 2.45) is 0 Å². The normalized spacial score (nSPS) is 10.5. The monoisotopic (exact) mass is 309 g/mol. The van der Waals surface area contributed by atoms with E-state index >= 15 is 0 Å². The van der Waals surface area contributed by atoms with Gasteiger partial charge < -0.3 is 19.8 Å². The zero-order valence-electron chi connectivity index (χ0n) is 13.2. The Kier molecular flexibility index (Phi) is 4.19. The molecule has 0 amide bonds. The lowest BCUT2D eigenvalue weighted by Crippen LogP contribution is -2.06. The van der Waals surface area contributed by atoms with Crippen molar-refractivity contribution in [2.45, 2.75) is 6.54 Å². The second kappa shape index (κ2) is 6.44. The fourth-order valence-corrected chi connectivity index (χ4v) is 2.56. The first kappa shape index (κ1) is 15.0. The predicted octanol–water partition coefficient (Wildman–Crippen LogP) is 3.20. The third-order valence-corrected chi connectivity index (χ3v) is 3.74. The van der Waals surface area contributed by atoms with Crippen molar-refractivity contribution >= 4 is 5.95 Å². The highest BCUT2D eigenvalue weighted by Gasteiger charge is 2.13. The van der Waals surface area contributed by atoms with E-state index in [1.807, 2.05) is 59.3 Å². The van der Waals surface area contributed by atoms with Gasteiger partial charge in [0.15, 0.2) is 0 Å². The van der Waals surface area contributed by atoms with Crippen molar-refractivity contribution in [1.82, 2.24) is 9.55 Å². The first-order valence-corrected chi connectivity index (χ1v) is 7.31. The van der Waals surface area contributed by atoms with Crippen molar-refractivity contribution in [2.75, 3.05) is 20.0 Å². The summed E-state index contributed by atoms with van der Waals surface area (Å²) in [4.78, 5) is 4.45. The summed E-state index contributed by atoms with van der Waals surface area (Å²) in [5.41, 5.74) is 8.89. The van der Waals surface area contributed by atoms with E-state index in [1.54, 1.807) is 14.2 Å². The zero-order chi connectivity index (χ0) is 16.2. The molecule has 2 N–H and O–H groups in total. The fourth-order valence-electron chi connectivity index (χ4n) is 2.56. The molecule has 3 rings (SSSR count). The van der Waals surface area contributed by atoms with Crippen LogP contribution in [0.3, 0.4) is 0 Å². The van der Waals surface area contributed by atoms with Crippen LogP contribution in [0, 0.1) is 0 Å². The quantitative estimate of drug-likeness (QED) is 0.786. The molecule has 0 unspecified atom stereocenters. The standard InChI is InChI=1S/C18H19N3O2/c1-22-16-9-6-10-17(23-2)14(16)11-21-12-15(20-18(21)19)13-7-4-3-5-8-13/h3-10,12H,11H2,1-2H3,(H2,19,20). The minimum atomic E-state index is 0.455. The van der Waals surface area contributed by atoms with Gasteiger partial charge in [0, 0.05) is 11.8 Å². The van der Waals surface area contributed by atoms with Crippen LogP contribution in [0.1, 0.15) is 5.56 Å². The lowest BCUT2D eigenvalue weighted by molar-refractivity contribution is 0.383. The molecule has 0 spiro atoms. The molecule has 3 aromatic rings. The lowest BCUT2D eigenvalue weighted by Gasteiger charge is -2.13. The van der Waals surface area contributed by atoms with Gasteiger partial charge in [0.25, 0.3) is 0 Å². The minimum absolute atomic E-state index is 0.455. The number of hydrogen-bond acceptors (Lipinski definition) is 4. The smallest absolute Gasteiger partial charge is 0.201 e. The summed E-state index contributed by atoms with van der Waals surface area (Å²) in [7, 11) is 3.29. The van der Waals surface area contributed by atoms with Crippen LogP contribution in [-0.2, 0) is 6.54 Å². The summed E-state index contributed by atoms with van der Waals surface area (Å²) >= 11 is 0. The van der Waals surface area contributed by atoms with Gasteiger partial charge in [-0.15, -0.1) is 0 Å². The molecule has 23 heavy (non-hydrogen) atoms. The molecule has 5 heteroatoms. The van der Waals surface area contributed by atoms with Crippen molar-refractivity contribution in [3.8, 4) is 22.8 Å². The number of ether oxygens (including phenoxy) is 2. The largest absolute Gasteiger partial charge is 0.496 e. The highest BCUT2D eigenvalue weighted by Crippen LogP contribution is 2.30. The van der Waals surface area contributed by atoms with Crippen molar-refractivity contribution in [3.05, 3.63) is 60.3 Å². The van der Waals surface area contributed by atoms with Crippen LogP contribution in [-0.4, -0.2) is 23.8 Å². The topological polar surface area (TPSA) is 62.3 Å². The molecular weight excluding hydrogens is 290 g/mol. The van der Waals surface area contributed by atoms with E-state index in [1.165, 1.54) is 0 Å². The number of imidazole rings is 1. The summed E-state index contributed by atoms with van der Waals surface area (Å²) in [5.74, 6) is 1.98. The SMILES string of the molecule is COc1cccc(OC)c1Cn1cc(-c2ccccc2)nc1N. The molecule has 0 bridgehead atoms. The van der Waals surface area contributed by atoms with Gasteiger partial charge in [-0.2, -0.15) is 0 Å².